The van der Waals surface area contributed by atoms with Crippen LogP contribution in [-0.2, 0) is 11.3 Å². The molecule has 0 radical (unpaired) electrons. The fraction of sp³-hybridized carbons (Fsp3) is 0.278. The minimum atomic E-state index is -0.0304. The van der Waals surface area contributed by atoms with Crippen LogP contribution in [0, 0.1) is 6.92 Å². The lowest BCUT2D eigenvalue weighted by molar-refractivity contribution is -0.132. The molecule has 2 aromatic rings. The minimum Gasteiger partial charge on any atom is -0.484 e. The van der Waals surface area contributed by atoms with Crippen LogP contribution in [0.3, 0.4) is 0 Å². The van der Waals surface area contributed by atoms with Crippen molar-refractivity contribution in [3.63, 3.8) is 0 Å². The van der Waals surface area contributed by atoms with Gasteiger partial charge in [-0.3, -0.25) is 4.79 Å². The van der Waals surface area contributed by atoms with E-state index in [0.29, 0.717) is 6.54 Å². The van der Waals surface area contributed by atoms with Gasteiger partial charge in [-0.15, -0.1) is 11.8 Å². The maximum Gasteiger partial charge on any atom is 0.260 e. The van der Waals surface area contributed by atoms with Gasteiger partial charge in [0.05, 0.1) is 0 Å². The van der Waals surface area contributed by atoms with E-state index in [1.165, 1.54) is 4.90 Å². The van der Waals surface area contributed by atoms with E-state index in [0.717, 1.165) is 16.9 Å². The van der Waals surface area contributed by atoms with Crippen LogP contribution < -0.4 is 4.74 Å². The summed E-state index contributed by atoms with van der Waals surface area (Å²) in [6, 6.07) is 16.0. The Labute approximate surface area is 136 Å². The van der Waals surface area contributed by atoms with Crippen LogP contribution in [0.5, 0.6) is 5.75 Å². The van der Waals surface area contributed by atoms with Gasteiger partial charge in [0.25, 0.3) is 5.91 Å². The zero-order valence-corrected chi connectivity index (χ0v) is 14.0. The first-order valence-corrected chi connectivity index (χ1v) is 8.38. The molecule has 0 saturated carbocycles. The molecule has 0 saturated heterocycles. The smallest absolute Gasteiger partial charge is 0.260 e. The summed E-state index contributed by atoms with van der Waals surface area (Å²) in [5.41, 5.74) is 2.15. The van der Waals surface area contributed by atoms with Gasteiger partial charge in [-0.1, -0.05) is 30.3 Å². The summed E-state index contributed by atoms with van der Waals surface area (Å²) >= 11 is 1.71. The van der Waals surface area contributed by atoms with E-state index in [4.69, 9.17) is 4.74 Å². The van der Waals surface area contributed by atoms with E-state index in [1.54, 1.807) is 23.7 Å². The third-order valence-electron chi connectivity index (χ3n) is 3.45. The van der Waals surface area contributed by atoms with Gasteiger partial charge in [-0.25, -0.2) is 0 Å². The Balaban J connectivity index is 1.87. The molecule has 1 amide bonds. The minimum absolute atomic E-state index is 0.0304. The highest BCUT2D eigenvalue weighted by Gasteiger charge is 2.11. The number of carbonyl (C=O) groups is 1. The van der Waals surface area contributed by atoms with Crippen molar-refractivity contribution in [2.45, 2.75) is 18.4 Å². The number of ether oxygens (including phenoxy) is 1. The number of amides is 1. The molecule has 2 rings (SSSR count). The molecule has 116 valence electrons. The van der Waals surface area contributed by atoms with E-state index < -0.39 is 0 Å². The van der Waals surface area contributed by atoms with Crippen molar-refractivity contribution in [2.24, 2.45) is 0 Å². The molecule has 0 fully saturated rings. The third kappa shape index (κ3) is 4.53. The fourth-order valence-corrected chi connectivity index (χ4v) is 2.47. The van der Waals surface area contributed by atoms with E-state index in [2.05, 4.69) is 24.3 Å². The second-order valence-corrected chi connectivity index (χ2v) is 6.03. The molecule has 3 nitrogen and oxygen atoms in total. The second-order valence-electron chi connectivity index (χ2n) is 5.15. The molecule has 0 aliphatic rings. The van der Waals surface area contributed by atoms with Crippen molar-refractivity contribution < 1.29 is 9.53 Å². The first kappa shape index (κ1) is 16.4. The van der Waals surface area contributed by atoms with Crippen LogP contribution in [0.4, 0.5) is 0 Å². The van der Waals surface area contributed by atoms with Gasteiger partial charge in [-0.05, 0) is 42.5 Å². The highest BCUT2D eigenvalue weighted by molar-refractivity contribution is 7.98. The molecule has 0 aliphatic carbocycles. The highest BCUT2D eigenvalue weighted by Crippen LogP contribution is 2.17. The Morgan fingerprint density at radius 3 is 2.45 bits per heavy atom. The summed E-state index contributed by atoms with van der Waals surface area (Å²) in [5.74, 6) is 0.728. The molecule has 2 aromatic carbocycles. The summed E-state index contributed by atoms with van der Waals surface area (Å²) in [7, 11) is 1.80. The lowest BCUT2D eigenvalue weighted by atomic mass is 10.2. The number of rotatable bonds is 6. The summed E-state index contributed by atoms with van der Waals surface area (Å²) in [4.78, 5) is 15.1. The molecule has 0 aliphatic heterocycles. The van der Waals surface area contributed by atoms with Crippen LogP contribution in [0.25, 0.3) is 0 Å². The van der Waals surface area contributed by atoms with Crippen molar-refractivity contribution in [2.75, 3.05) is 19.9 Å². The maximum absolute atomic E-state index is 12.2. The highest BCUT2D eigenvalue weighted by atomic mass is 32.2. The molecule has 22 heavy (non-hydrogen) atoms. The van der Waals surface area contributed by atoms with E-state index in [-0.39, 0.29) is 12.5 Å². The Hall–Kier alpha value is -1.94. The average molecular weight is 315 g/mol. The predicted octanol–water partition coefficient (Wildman–Crippen LogP) is 3.75. The van der Waals surface area contributed by atoms with Crippen molar-refractivity contribution >= 4 is 17.7 Å². The number of nitrogens with zero attached hydrogens (tertiary/aromatic N) is 1. The lowest BCUT2D eigenvalue weighted by Crippen LogP contribution is -2.31. The number of hydrogen-bond donors (Lipinski definition) is 0. The number of para-hydroxylation sites is 1. The van der Waals surface area contributed by atoms with Crippen molar-refractivity contribution in [1.29, 1.82) is 0 Å². The van der Waals surface area contributed by atoms with E-state index >= 15 is 0 Å². The number of hydrogen-bond acceptors (Lipinski definition) is 3. The third-order valence-corrected chi connectivity index (χ3v) is 4.19. The zero-order valence-electron chi connectivity index (χ0n) is 13.2. The Bertz CT molecular complexity index is 625. The molecular weight excluding hydrogens is 294 g/mol. The first-order valence-electron chi connectivity index (χ1n) is 7.15. The van der Waals surface area contributed by atoms with Crippen molar-refractivity contribution in [1.82, 2.24) is 4.90 Å². The fourth-order valence-electron chi connectivity index (χ4n) is 2.06. The summed E-state index contributed by atoms with van der Waals surface area (Å²) in [5, 5.41) is 0. The number of aryl methyl sites for hydroxylation is 1. The number of benzene rings is 2. The quantitative estimate of drug-likeness (QED) is 0.760. The van der Waals surface area contributed by atoms with Gasteiger partial charge in [0, 0.05) is 18.5 Å². The normalized spacial score (nSPS) is 10.3. The van der Waals surface area contributed by atoms with Crippen molar-refractivity contribution in [3.8, 4) is 5.75 Å². The molecule has 0 heterocycles. The monoisotopic (exact) mass is 315 g/mol. The van der Waals surface area contributed by atoms with Gasteiger partial charge >= 0.3 is 0 Å². The summed E-state index contributed by atoms with van der Waals surface area (Å²) in [6.07, 6.45) is 2.05. The molecule has 0 bridgehead atoms. The molecule has 0 aromatic heterocycles. The number of carbonyl (C=O) groups excluding carboxylic acids is 1. The van der Waals surface area contributed by atoms with Gasteiger partial charge in [0.2, 0.25) is 0 Å². The second kappa shape index (κ2) is 7.90. The van der Waals surface area contributed by atoms with Crippen LogP contribution >= 0.6 is 11.8 Å². The number of likely N-dealkylation sites (N-methyl/N-ethyl adjacent to an activating group) is 1. The molecule has 0 atom stereocenters. The number of thioether (sulfide) groups is 1. The molecule has 0 spiro atoms. The Kier molecular flexibility index (Phi) is 5.90. The molecule has 0 N–H and O–H groups in total. The standard InChI is InChI=1S/C18H21NO2S/c1-14-6-4-5-7-17(14)21-13-18(20)19(2)12-15-8-10-16(22-3)11-9-15/h4-11H,12-13H2,1-3H3. The molecule has 4 heteroatoms. The SMILES string of the molecule is CSc1ccc(CN(C)C(=O)COc2ccccc2C)cc1. The lowest BCUT2D eigenvalue weighted by Gasteiger charge is -2.18. The predicted molar refractivity (Wildman–Crippen MR) is 91.4 cm³/mol. The van der Waals surface area contributed by atoms with Gasteiger partial charge < -0.3 is 9.64 Å². The van der Waals surface area contributed by atoms with Gasteiger partial charge in [-0.2, -0.15) is 0 Å². The summed E-state index contributed by atoms with van der Waals surface area (Å²) in [6.45, 7) is 2.62. The first-order chi connectivity index (χ1) is 10.6. The van der Waals surface area contributed by atoms with Crippen molar-refractivity contribution in [3.05, 3.63) is 59.7 Å². The average Bonchev–Trinajstić information content (AvgIpc) is 2.54. The molecular formula is C18H21NO2S. The van der Waals surface area contributed by atoms with Gasteiger partial charge in [0.1, 0.15) is 5.75 Å². The Morgan fingerprint density at radius 2 is 1.82 bits per heavy atom. The summed E-state index contributed by atoms with van der Waals surface area (Å²) < 4.78 is 5.60. The molecule has 0 unspecified atom stereocenters. The van der Waals surface area contributed by atoms with E-state index in [1.807, 2.05) is 37.4 Å². The zero-order chi connectivity index (χ0) is 15.9. The van der Waals surface area contributed by atoms with Crippen LogP contribution in [-0.4, -0.2) is 30.7 Å². The van der Waals surface area contributed by atoms with Crippen LogP contribution in [0.2, 0.25) is 0 Å². The van der Waals surface area contributed by atoms with Crippen LogP contribution in [0.15, 0.2) is 53.4 Å². The van der Waals surface area contributed by atoms with Crippen LogP contribution in [0.1, 0.15) is 11.1 Å². The Morgan fingerprint density at radius 1 is 1.14 bits per heavy atom. The maximum atomic E-state index is 12.2. The largest absolute Gasteiger partial charge is 0.484 e. The van der Waals surface area contributed by atoms with E-state index in [9.17, 15) is 4.79 Å². The van der Waals surface area contributed by atoms with Gasteiger partial charge in [0.15, 0.2) is 6.61 Å². The topological polar surface area (TPSA) is 29.5 Å².